The maximum atomic E-state index is 13.9. The van der Waals surface area contributed by atoms with Gasteiger partial charge in [0.1, 0.15) is 10.7 Å². The van der Waals surface area contributed by atoms with Crippen LogP contribution in [-0.4, -0.2) is 61.6 Å². The van der Waals surface area contributed by atoms with Crippen LogP contribution in [0.15, 0.2) is 23.1 Å². The highest BCUT2D eigenvalue weighted by molar-refractivity contribution is 7.89. The van der Waals surface area contributed by atoms with Crippen LogP contribution in [0.2, 0.25) is 0 Å². The molecule has 22 heavy (non-hydrogen) atoms. The first-order chi connectivity index (χ1) is 10.4. The average Bonchev–Trinajstić information content (AvgIpc) is 2.51. The summed E-state index contributed by atoms with van der Waals surface area (Å²) in [4.78, 5) is 1.83. The molecule has 1 aliphatic rings. The topological polar surface area (TPSA) is 60.9 Å². The molecular formula is C15H23FN2O3S. The number of aryl methyl sites for hydroxylation is 1. The van der Waals surface area contributed by atoms with E-state index in [0.29, 0.717) is 31.7 Å². The summed E-state index contributed by atoms with van der Waals surface area (Å²) in [6.07, 6.45) is 0.815. The second kappa shape index (κ2) is 7.04. The lowest BCUT2D eigenvalue weighted by Gasteiger charge is -2.37. The minimum atomic E-state index is -3.81. The second-order valence-electron chi connectivity index (χ2n) is 5.62. The first-order valence-electron chi connectivity index (χ1n) is 7.51. The van der Waals surface area contributed by atoms with Gasteiger partial charge in [0.25, 0.3) is 0 Å². The quantitative estimate of drug-likeness (QED) is 0.882. The van der Waals surface area contributed by atoms with Crippen LogP contribution < -0.4 is 0 Å². The summed E-state index contributed by atoms with van der Waals surface area (Å²) in [5.41, 5.74) is 0.713. The molecule has 0 amide bonds. The molecule has 1 aliphatic heterocycles. The number of halogens is 1. The van der Waals surface area contributed by atoms with Crippen LogP contribution in [0, 0.1) is 12.7 Å². The Hall–Kier alpha value is -1.02. The van der Waals surface area contributed by atoms with Gasteiger partial charge >= 0.3 is 0 Å². The van der Waals surface area contributed by atoms with Gasteiger partial charge in [-0.2, -0.15) is 4.31 Å². The summed E-state index contributed by atoms with van der Waals surface area (Å²) in [7, 11) is -3.81. The molecule has 1 N–H and O–H groups in total. The lowest BCUT2D eigenvalue weighted by Crippen LogP contribution is -2.52. The van der Waals surface area contributed by atoms with Gasteiger partial charge < -0.3 is 5.11 Å². The number of hydrogen-bond acceptors (Lipinski definition) is 4. The average molecular weight is 330 g/mol. The van der Waals surface area contributed by atoms with Gasteiger partial charge in [0.2, 0.25) is 10.0 Å². The number of aliphatic hydroxyl groups is 1. The number of rotatable bonds is 5. The molecule has 7 heteroatoms. The molecule has 1 saturated heterocycles. The number of aliphatic hydroxyl groups excluding tert-OH is 1. The van der Waals surface area contributed by atoms with Crippen molar-refractivity contribution in [3.8, 4) is 0 Å². The molecule has 0 bridgehead atoms. The highest BCUT2D eigenvalue weighted by Gasteiger charge is 2.32. The molecule has 1 aromatic rings. The monoisotopic (exact) mass is 330 g/mol. The molecule has 0 radical (unpaired) electrons. The Labute approximate surface area is 131 Å². The molecular weight excluding hydrogens is 307 g/mol. The number of benzene rings is 1. The Morgan fingerprint density at radius 1 is 1.27 bits per heavy atom. The normalized spacial score (nSPS) is 19.3. The van der Waals surface area contributed by atoms with Crippen molar-refractivity contribution in [2.45, 2.75) is 31.2 Å². The molecule has 5 nitrogen and oxygen atoms in total. The maximum absolute atomic E-state index is 13.9. The van der Waals surface area contributed by atoms with Crippen molar-refractivity contribution in [3.05, 3.63) is 29.6 Å². The predicted octanol–water partition coefficient (Wildman–Crippen LogP) is 1.21. The first-order valence-corrected chi connectivity index (χ1v) is 8.95. The summed E-state index contributed by atoms with van der Waals surface area (Å²) in [5.74, 6) is -0.713. The van der Waals surface area contributed by atoms with Crippen LogP contribution in [0.1, 0.15) is 18.9 Å². The van der Waals surface area contributed by atoms with E-state index in [2.05, 4.69) is 4.90 Å². The highest BCUT2D eigenvalue weighted by Crippen LogP contribution is 2.22. The molecule has 0 aliphatic carbocycles. The fourth-order valence-electron chi connectivity index (χ4n) is 2.76. The van der Waals surface area contributed by atoms with Crippen molar-refractivity contribution < 1.29 is 17.9 Å². The van der Waals surface area contributed by atoms with Gasteiger partial charge in [0.15, 0.2) is 0 Å². The minimum Gasteiger partial charge on any atom is -0.395 e. The van der Waals surface area contributed by atoms with E-state index in [4.69, 9.17) is 0 Å². The zero-order valence-corrected chi connectivity index (χ0v) is 13.8. The summed E-state index contributed by atoms with van der Waals surface area (Å²) >= 11 is 0. The molecule has 2 rings (SSSR count). The predicted molar refractivity (Wildman–Crippen MR) is 82.6 cm³/mol. The van der Waals surface area contributed by atoms with Crippen molar-refractivity contribution in [2.24, 2.45) is 0 Å². The Morgan fingerprint density at radius 2 is 1.91 bits per heavy atom. The molecule has 1 atom stereocenters. The Bertz CT molecular complexity index is 609. The van der Waals surface area contributed by atoms with Crippen LogP contribution in [0.5, 0.6) is 0 Å². The van der Waals surface area contributed by atoms with Crippen LogP contribution >= 0.6 is 0 Å². The van der Waals surface area contributed by atoms with Crippen molar-refractivity contribution in [1.29, 1.82) is 0 Å². The van der Waals surface area contributed by atoms with Crippen LogP contribution in [0.4, 0.5) is 4.39 Å². The molecule has 1 unspecified atom stereocenters. The lowest BCUT2D eigenvalue weighted by atomic mass is 10.2. The number of sulfonamides is 1. The van der Waals surface area contributed by atoms with Gasteiger partial charge in [-0.15, -0.1) is 0 Å². The highest BCUT2D eigenvalue weighted by atomic mass is 32.2. The van der Waals surface area contributed by atoms with Gasteiger partial charge in [-0.05, 0) is 31.0 Å². The van der Waals surface area contributed by atoms with E-state index in [1.807, 2.05) is 6.92 Å². The molecule has 1 heterocycles. The van der Waals surface area contributed by atoms with Crippen LogP contribution in [0.3, 0.4) is 0 Å². The standard InChI is InChI=1S/C15H23FN2O3S/c1-3-13(11-19)17-6-8-18(9-7-17)22(20,21)15-10-12(2)4-5-14(15)16/h4-5,10,13,19H,3,6-9,11H2,1-2H3. The second-order valence-corrected chi connectivity index (χ2v) is 7.52. The Balaban J connectivity index is 2.14. The van der Waals surface area contributed by atoms with Crippen molar-refractivity contribution in [1.82, 2.24) is 9.21 Å². The third kappa shape index (κ3) is 3.48. The fraction of sp³-hybridized carbons (Fsp3) is 0.600. The minimum absolute atomic E-state index is 0.0561. The van der Waals surface area contributed by atoms with E-state index in [1.165, 1.54) is 16.4 Å². The molecule has 1 aromatic carbocycles. The van der Waals surface area contributed by atoms with Gasteiger partial charge in [-0.25, -0.2) is 12.8 Å². The molecule has 1 fully saturated rings. The van der Waals surface area contributed by atoms with E-state index >= 15 is 0 Å². The van der Waals surface area contributed by atoms with Gasteiger partial charge in [0, 0.05) is 32.2 Å². The van der Waals surface area contributed by atoms with E-state index in [1.54, 1.807) is 13.0 Å². The van der Waals surface area contributed by atoms with Gasteiger partial charge in [-0.1, -0.05) is 13.0 Å². The molecule has 0 aromatic heterocycles. The zero-order valence-electron chi connectivity index (χ0n) is 13.0. The molecule has 0 saturated carbocycles. The maximum Gasteiger partial charge on any atom is 0.246 e. The first kappa shape index (κ1) is 17.3. The number of nitrogens with zero attached hydrogens (tertiary/aromatic N) is 2. The summed E-state index contributed by atoms with van der Waals surface area (Å²) in [5, 5.41) is 9.33. The van der Waals surface area contributed by atoms with E-state index in [-0.39, 0.29) is 17.5 Å². The number of hydrogen-bond donors (Lipinski definition) is 1. The summed E-state index contributed by atoms with van der Waals surface area (Å²) in [6.45, 7) is 5.52. The fourth-order valence-corrected chi connectivity index (χ4v) is 4.33. The van der Waals surface area contributed by atoms with E-state index < -0.39 is 15.8 Å². The van der Waals surface area contributed by atoms with E-state index in [0.717, 1.165) is 6.42 Å². The number of piperazine rings is 1. The summed E-state index contributed by atoms with van der Waals surface area (Å²) < 4.78 is 40.4. The smallest absolute Gasteiger partial charge is 0.246 e. The van der Waals surface area contributed by atoms with Gasteiger partial charge in [0.05, 0.1) is 6.61 Å². The van der Waals surface area contributed by atoms with Crippen LogP contribution in [-0.2, 0) is 10.0 Å². The third-order valence-electron chi connectivity index (χ3n) is 4.18. The lowest BCUT2D eigenvalue weighted by molar-refractivity contribution is 0.0880. The van der Waals surface area contributed by atoms with Crippen molar-refractivity contribution in [2.75, 3.05) is 32.8 Å². The third-order valence-corrected chi connectivity index (χ3v) is 6.09. The summed E-state index contributed by atoms with van der Waals surface area (Å²) in [6, 6.07) is 4.18. The Kier molecular flexibility index (Phi) is 5.55. The Morgan fingerprint density at radius 3 is 2.45 bits per heavy atom. The molecule has 0 spiro atoms. The largest absolute Gasteiger partial charge is 0.395 e. The van der Waals surface area contributed by atoms with E-state index in [9.17, 15) is 17.9 Å². The zero-order chi connectivity index (χ0) is 16.3. The SMILES string of the molecule is CCC(CO)N1CCN(S(=O)(=O)c2cc(C)ccc2F)CC1. The van der Waals surface area contributed by atoms with Crippen molar-refractivity contribution >= 4 is 10.0 Å². The van der Waals surface area contributed by atoms with Gasteiger partial charge in [-0.3, -0.25) is 4.90 Å². The van der Waals surface area contributed by atoms with Crippen LogP contribution in [0.25, 0.3) is 0 Å². The molecule has 124 valence electrons. The van der Waals surface area contributed by atoms with Crippen molar-refractivity contribution in [3.63, 3.8) is 0 Å².